The Hall–Kier alpha value is -0.650. The molecule has 5 nitrogen and oxygen atoms in total. The van der Waals surface area contributed by atoms with Gasteiger partial charge in [0, 0.05) is 26.7 Å². The zero-order valence-corrected chi connectivity index (χ0v) is 10.6. The summed E-state index contributed by atoms with van der Waals surface area (Å²) in [5.41, 5.74) is -0.878. The zero-order valence-electron chi connectivity index (χ0n) is 10.6. The molecular weight excluding hydrogens is 210 g/mol. The normalized spacial score (nSPS) is 16.6. The minimum absolute atomic E-state index is 0.301. The highest BCUT2D eigenvalue weighted by Gasteiger charge is 2.22. The highest BCUT2D eigenvalue weighted by molar-refractivity contribution is 5.75. The van der Waals surface area contributed by atoms with E-state index < -0.39 is 11.6 Å². The standard InChI is InChI=1S/C11H23NO4/c1-5-16-10(13)9(2)12-8-11(3,14)6-7-15-4/h9,12,14H,5-8H2,1-4H3. The van der Waals surface area contributed by atoms with Gasteiger partial charge in [0.25, 0.3) is 0 Å². The number of methoxy groups -OCH3 is 1. The number of carbonyl (C=O) groups is 1. The van der Waals surface area contributed by atoms with E-state index in [-0.39, 0.29) is 5.97 Å². The second kappa shape index (κ2) is 7.60. The van der Waals surface area contributed by atoms with Crippen LogP contribution >= 0.6 is 0 Å². The molecule has 2 atom stereocenters. The molecule has 0 rings (SSSR count). The topological polar surface area (TPSA) is 67.8 Å². The lowest BCUT2D eigenvalue weighted by Gasteiger charge is -2.25. The largest absolute Gasteiger partial charge is 0.465 e. The summed E-state index contributed by atoms with van der Waals surface area (Å²) in [4.78, 5) is 11.3. The monoisotopic (exact) mass is 233 g/mol. The minimum atomic E-state index is -0.878. The predicted octanol–water partition coefficient (Wildman–Crippen LogP) is 0.315. The Morgan fingerprint density at radius 1 is 1.56 bits per heavy atom. The summed E-state index contributed by atoms with van der Waals surface area (Å²) >= 11 is 0. The molecule has 2 unspecified atom stereocenters. The van der Waals surface area contributed by atoms with Crippen LogP contribution in [0.25, 0.3) is 0 Å². The Morgan fingerprint density at radius 2 is 2.19 bits per heavy atom. The maximum Gasteiger partial charge on any atom is 0.322 e. The van der Waals surface area contributed by atoms with E-state index in [4.69, 9.17) is 9.47 Å². The summed E-state index contributed by atoms with van der Waals surface area (Å²) < 4.78 is 9.73. The molecule has 96 valence electrons. The van der Waals surface area contributed by atoms with E-state index in [1.54, 1.807) is 27.9 Å². The number of esters is 1. The van der Waals surface area contributed by atoms with Crippen LogP contribution in [0.3, 0.4) is 0 Å². The summed E-state index contributed by atoms with van der Waals surface area (Å²) in [6.45, 7) is 6.37. The van der Waals surface area contributed by atoms with Gasteiger partial charge in [0.05, 0.1) is 12.2 Å². The second-order valence-electron chi connectivity index (χ2n) is 4.09. The van der Waals surface area contributed by atoms with Crippen LogP contribution in [0, 0.1) is 0 Å². The highest BCUT2D eigenvalue weighted by atomic mass is 16.5. The molecule has 2 N–H and O–H groups in total. The van der Waals surface area contributed by atoms with Crippen LogP contribution in [-0.2, 0) is 14.3 Å². The number of aliphatic hydroxyl groups is 1. The van der Waals surface area contributed by atoms with Crippen molar-refractivity contribution in [2.24, 2.45) is 0 Å². The fourth-order valence-electron chi connectivity index (χ4n) is 1.13. The van der Waals surface area contributed by atoms with Crippen molar-refractivity contribution in [3.05, 3.63) is 0 Å². The maximum absolute atomic E-state index is 11.3. The first-order chi connectivity index (χ1) is 7.43. The smallest absolute Gasteiger partial charge is 0.322 e. The van der Waals surface area contributed by atoms with Crippen molar-refractivity contribution < 1.29 is 19.4 Å². The minimum Gasteiger partial charge on any atom is -0.465 e. The van der Waals surface area contributed by atoms with E-state index in [0.29, 0.717) is 26.2 Å². The molecule has 0 amide bonds. The summed E-state index contributed by atoms with van der Waals surface area (Å²) in [6.07, 6.45) is 0.520. The maximum atomic E-state index is 11.3. The molecule has 0 spiro atoms. The second-order valence-corrected chi connectivity index (χ2v) is 4.09. The summed E-state index contributed by atoms with van der Waals surface area (Å²) in [7, 11) is 1.59. The molecule has 0 radical (unpaired) electrons. The number of rotatable bonds is 8. The van der Waals surface area contributed by atoms with Crippen LogP contribution in [0.2, 0.25) is 0 Å². The van der Waals surface area contributed by atoms with Crippen LogP contribution < -0.4 is 5.32 Å². The fourth-order valence-corrected chi connectivity index (χ4v) is 1.13. The van der Waals surface area contributed by atoms with Crippen molar-refractivity contribution in [2.75, 3.05) is 26.9 Å². The number of hydrogen-bond donors (Lipinski definition) is 2. The number of ether oxygens (including phenoxy) is 2. The lowest BCUT2D eigenvalue weighted by atomic mass is 10.0. The SMILES string of the molecule is CCOC(=O)C(C)NCC(C)(O)CCOC. The summed E-state index contributed by atoms with van der Waals surface area (Å²) in [5, 5.41) is 12.8. The van der Waals surface area contributed by atoms with Crippen LogP contribution in [-0.4, -0.2) is 49.6 Å². The molecule has 0 aliphatic rings. The molecule has 0 aromatic heterocycles. The van der Waals surface area contributed by atoms with Crippen molar-refractivity contribution in [3.63, 3.8) is 0 Å². The predicted molar refractivity (Wildman–Crippen MR) is 61.2 cm³/mol. The van der Waals surface area contributed by atoms with Gasteiger partial charge in [0.15, 0.2) is 0 Å². The van der Waals surface area contributed by atoms with Gasteiger partial charge in [-0.15, -0.1) is 0 Å². The molecule has 0 bridgehead atoms. The van der Waals surface area contributed by atoms with Gasteiger partial charge in [-0.25, -0.2) is 0 Å². The Bertz CT molecular complexity index is 206. The average Bonchev–Trinajstić information content (AvgIpc) is 2.23. The third-order valence-corrected chi connectivity index (χ3v) is 2.27. The molecule has 16 heavy (non-hydrogen) atoms. The molecular formula is C11H23NO4. The molecule has 0 aromatic rings. The van der Waals surface area contributed by atoms with Gasteiger partial charge < -0.3 is 19.9 Å². The van der Waals surface area contributed by atoms with Crippen LogP contribution in [0.4, 0.5) is 0 Å². The van der Waals surface area contributed by atoms with Crippen molar-refractivity contribution in [3.8, 4) is 0 Å². The van der Waals surface area contributed by atoms with E-state index in [0.717, 1.165) is 0 Å². The third-order valence-electron chi connectivity index (χ3n) is 2.27. The molecule has 0 heterocycles. The lowest BCUT2D eigenvalue weighted by Crippen LogP contribution is -2.45. The quantitative estimate of drug-likeness (QED) is 0.591. The van der Waals surface area contributed by atoms with Gasteiger partial charge in [0.2, 0.25) is 0 Å². The molecule has 0 saturated carbocycles. The number of hydrogen-bond acceptors (Lipinski definition) is 5. The van der Waals surface area contributed by atoms with Crippen LogP contribution in [0.1, 0.15) is 27.2 Å². The van der Waals surface area contributed by atoms with Gasteiger partial charge in [-0.1, -0.05) is 0 Å². The Kier molecular flexibility index (Phi) is 7.29. The van der Waals surface area contributed by atoms with Crippen molar-refractivity contribution >= 4 is 5.97 Å². The lowest BCUT2D eigenvalue weighted by molar-refractivity contribution is -0.145. The van der Waals surface area contributed by atoms with Gasteiger partial charge in [0.1, 0.15) is 6.04 Å². The first kappa shape index (κ1) is 15.3. The number of carbonyl (C=O) groups excluding carboxylic acids is 1. The number of nitrogens with one attached hydrogen (secondary N) is 1. The average molecular weight is 233 g/mol. The third kappa shape index (κ3) is 6.76. The van der Waals surface area contributed by atoms with Crippen LogP contribution in [0.5, 0.6) is 0 Å². The Morgan fingerprint density at radius 3 is 2.69 bits per heavy atom. The van der Waals surface area contributed by atoms with Crippen molar-refractivity contribution in [1.29, 1.82) is 0 Å². The molecule has 0 aromatic carbocycles. The molecule has 0 fully saturated rings. The first-order valence-electron chi connectivity index (χ1n) is 5.54. The van der Waals surface area contributed by atoms with Gasteiger partial charge >= 0.3 is 5.97 Å². The molecule has 0 saturated heterocycles. The van der Waals surface area contributed by atoms with E-state index in [1.165, 1.54) is 0 Å². The summed E-state index contributed by atoms with van der Waals surface area (Å²) in [6, 6.07) is -0.408. The summed E-state index contributed by atoms with van der Waals surface area (Å²) in [5.74, 6) is -0.301. The first-order valence-corrected chi connectivity index (χ1v) is 5.54. The van der Waals surface area contributed by atoms with E-state index >= 15 is 0 Å². The van der Waals surface area contributed by atoms with Gasteiger partial charge in [-0.2, -0.15) is 0 Å². The highest BCUT2D eigenvalue weighted by Crippen LogP contribution is 2.08. The van der Waals surface area contributed by atoms with E-state index in [9.17, 15) is 9.90 Å². The Balaban J connectivity index is 3.88. The molecule has 5 heteroatoms. The zero-order chi connectivity index (χ0) is 12.6. The van der Waals surface area contributed by atoms with E-state index in [1.807, 2.05) is 0 Å². The molecule has 0 aliphatic heterocycles. The van der Waals surface area contributed by atoms with Crippen molar-refractivity contribution in [1.82, 2.24) is 5.32 Å². The fraction of sp³-hybridized carbons (Fsp3) is 0.909. The Labute approximate surface area is 97.1 Å². The molecule has 0 aliphatic carbocycles. The van der Waals surface area contributed by atoms with E-state index in [2.05, 4.69) is 5.32 Å². The van der Waals surface area contributed by atoms with Gasteiger partial charge in [-0.3, -0.25) is 4.79 Å². The van der Waals surface area contributed by atoms with Crippen LogP contribution in [0.15, 0.2) is 0 Å². The van der Waals surface area contributed by atoms with Gasteiger partial charge in [-0.05, 0) is 20.8 Å². The van der Waals surface area contributed by atoms with Crippen molar-refractivity contribution in [2.45, 2.75) is 38.8 Å².